The zero-order valence-corrected chi connectivity index (χ0v) is 16.3. The number of thioether (sulfide) groups is 1. The molecule has 0 bridgehead atoms. The van der Waals surface area contributed by atoms with Gasteiger partial charge in [-0.25, -0.2) is 4.79 Å². The van der Waals surface area contributed by atoms with Crippen LogP contribution < -0.4 is 5.32 Å². The van der Waals surface area contributed by atoms with E-state index in [1.54, 1.807) is 18.3 Å². The van der Waals surface area contributed by atoms with Crippen LogP contribution in [0.25, 0.3) is 0 Å². The summed E-state index contributed by atoms with van der Waals surface area (Å²) in [5, 5.41) is 25.0. The maximum atomic E-state index is 12.4. The molecule has 3 aliphatic rings. The highest BCUT2D eigenvalue weighted by atomic mass is 32.2. The standard InChI is InChI=1S/C18H22N2O4S2/c1-8-14-13(9(2)21)17(22)20(14)15(18(23)24)16(8)26-11-5-12(25-7-11)10-3-4-19-6-10/h5,7-10,13-14,19,21H,3-4,6H2,1-2H3,(H,23,24)/t8-,9-,10+,13-,14-/m1/s1. The van der Waals surface area contributed by atoms with E-state index >= 15 is 0 Å². The number of rotatable bonds is 5. The van der Waals surface area contributed by atoms with E-state index in [1.165, 1.54) is 21.5 Å². The number of hydrogen-bond donors (Lipinski definition) is 3. The van der Waals surface area contributed by atoms with Gasteiger partial charge < -0.3 is 20.4 Å². The van der Waals surface area contributed by atoms with E-state index in [-0.39, 0.29) is 23.6 Å². The van der Waals surface area contributed by atoms with E-state index in [9.17, 15) is 19.8 Å². The largest absolute Gasteiger partial charge is 0.477 e. The van der Waals surface area contributed by atoms with Gasteiger partial charge >= 0.3 is 5.97 Å². The van der Waals surface area contributed by atoms with Crippen molar-refractivity contribution in [2.45, 2.75) is 43.2 Å². The first-order valence-corrected chi connectivity index (χ1v) is 10.6. The lowest BCUT2D eigenvalue weighted by atomic mass is 9.79. The predicted molar refractivity (Wildman–Crippen MR) is 100 cm³/mol. The van der Waals surface area contributed by atoms with Crippen LogP contribution in [0.2, 0.25) is 0 Å². The lowest BCUT2D eigenvalue weighted by molar-refractivity contribution is -0.163. The minimum absolute atomic E-state index is 0.0877. The van der Waals surface area contributed by atoms with Crippen molar-refractivity contribution in [1.82, 2.24) is 10.2 Å². The molecule has 3 N–H and O–H groups in total. The molecule has 0 radical (unpaired) electrons. The summed E-state index contributed by atoms with van der Waals surface area (Å²) in [6.07, 6.45) is 0.359. The summed E-state index contributed by atoms with van der Waals surface area (Å²) in [6, 6.07) is 1.89. The second kappa shape index (κ2) is 6.67. The molecule has 5 atom stereocenters. The number of β-lactam (4-membered cyclic amide) rings is 1. The second-order valence-corrected chi connectivity index (χ2v) is 9.31. The molecule has 140 valence electrons. The van der Waals surface area contributed by atoms with Gasteiger partial charge in [-0.1, -0.05) is 18.7 Å². The number of carboxylic acids is 1. The van der Waals surface area contributed by atoms with E-state index in [4.69, 9.17) is 0 Å². The van der Waals surface area contributed by atoms with Gasteiger partial charge in [-0.2, -0.15) is 0 Å². The SMILES string of the molecule is C[C@@H](O)[C@H]1C(=O)N2C(C(=O)O)=C(Sc3csc([C@H]4CCNC4)c3)[C@H](C)[C@H]12. The Morgan fingerprint density at radius 2 is 2.27 bits per heavy atom. The van der Waals surface area contributed by atoms with Gasteiger partial charge in [0.05, 0.1) is 18.1 Å². The quantitative estimate of drug-likeness (QED) is 0.663. The fraction of sp³-hybridized carbons (Fsp3) is 0.556. The molecule has 3 aliphatic heterocycles. The molecular weight excluding hydrogens is 372 g/mol. The smallest absolute Gasteiger partial charge is 0.353 e. The van der Waals surface area contributed by atoms with Crippen LogP contribution in [0.1, 0.15) is 31.1 Å². The highest BCUT2D eigenvalue weighted by Crippen LogP contribution is 2.52. The van der Waals surface area contributed by atoms with E-state index < -0.39 is 18.0 Å². The Labute approximate surface area is 160 Å². The third kappa shape index (κ3) is 2.70. The van der Waals surface area contributed by atoms with Crippen LogP contribution in [0.15, 0.2) is 26.9 Å². The van der Waals surface area contributed by atoms with Crippen LogP contribution in [-0.4, -0.2) is 52.2 Å². The van der Waals surface area contributed by atoms with Crippen LogP contribution in [0, 0.1) is 11.8 Å². The van der Waals surface area contributed by atoms with Gasteiger partial charge in [0.25, 0.3) is 0 Å². The van der Waals surface area contributed by atoms with Gasteiger partial charge in [-0.05, 0) is 26.0 Å². The van der Waals surface area contributed by atoms with Crippen LogP contribution >= 0.6 is 23.1 Å². The van der Waals surface area contributed by atoms with Gasteiger partial charge in [0, 0.05) is 38.4 Å². The lowest BCUT2D eigenvalue weighted by Crippen LogP contribution is -2.63. The molecule has 4 rings (SSSR count). The molecule has 2 fully saturated rings. The summed E-state index contributed by atoms with van der Waals surface area (Å²) in [5.74, 6) is -1.44. The molecule has 1 aromatic heterocycles. The summed E-state index contributed by atoms with van der Waals surface area (Å²) >= 11 is 3.16. The van der Waals surface area contributed by atoms with Crippen molar-refractivity contribution in [2.24, 2.45) is 11.8 Å². The van der Waals surface area contributed by atoms with E-state index in [0.717, 1.165) is 24.4 Å². The lowest BCUT2D eigenvalue weighted by Gasteiger charge is -2.46. The second-order valence-electron chi connectivity index (χ2n) is 7.25. The first kappa shape index (κ1) is 18.0. The maximum Gasteiger partial charge on any atom is 0.353 e. The fourth-order valence-corrected chi connectivity index (χ4v) is 6.65. The zero-order chi connectivity index (χ0) is 18.6. The summed E-state index contributed by atoms with van der Waals surface area (Å²) in [4.78, 5) is 28.7. The Morgan fingerprint density at radius 1 is 1.50 bits per heavy atom. The van der Waals surface area contributed by atoms with Crippen molar-refractivity contribution in [3.63, 3.8) is 0 Å². The first-order valence-electron chi connectivity index (χ1n) is 8.85. The average molecular weight is 395 g/mol. The number of carbonyl (C=O) groups is 2. The Balaban J connectivity index is 1.61. The van der Waals surface area contributed by atoms with Gasteiger partial charge in [-0.3, -0.25) is 4.79 Å². The summed E-state index contributed by atoms with van der Waals surface area (Å²) in [5.41, 5.74) is 0.0877. The molecule has 1 amide bonds. The Hall–Kier alpha value is -1.35. The molecular formula is C18H22N2O4S2. The average Bonchev–Trinajstić information content (AvgIpc) is 3.28. The minimum Gasteiger partial charge on any atom is -0.477 e. The van der Waals surface area contributed by atoms with Crippen molar-refractivity contribution >= 4 is 35.0 Å². The normalized spacial score (nSPS) is 32.0. The number of carboxylic acid groups (broad SMARTS) is 1. The summed E-state index contributed by atoms with van der Waals surface area (Å²) < 4.78 is 0. The van der Waals surface area contributed by atoms with Crippen molar-refractivity contribution in [3.8, 4) is 0 Å². The minimum atomic E-state index is -1.07. The summed E-state index contributed by atoms with van der Waals surface area (Å²) in [7, 11) is 0. The molecule has 8 heteroatoms. The number of carbonyl (C=O) groups excluding carboxylic acids is 1. The third-order valence-electron chi connectivity index (χ3n) is 5.60. The third-order valence-corrected chi connectivity index (χ3v) is 8.10. The number of aliphatic carboxylic acids is 1. The van der Waals surface area contributed by atoms with Crippen LogP contribution in [-0.2, 0) is 9.59 Å². The van der Waals surface area contributed by atoms with Crippen LogP contribution in [0.4, 0.5) is 0 Å². The highest BCUT2D eigenvalue weighted by Gasteiger charge is 2.60. The molecule has 0 aliphatic carbocycles. The number of aliphatic hydroxyl groups excluding tert-OH is 1. The number of nitrogens with one attached hydrogen (secondary N) is 1. The number of fused-ring (bicyclic) bond motifs is 1. The van der Waals surface area contributed by atoms with E-state index in [1.807, 2.05) is 6.92 Å². The number of hydrogen-bond acceptors (Lipinski definition) is 6. The Morgan fingerprint density at radius 3 is 2.88 bits per heavy atom. The number of amides is 1. The van der Waals surface area contributed by atoms with Crippen LogP contribution in [0.5, 0.6) is 0 Å². The number of nitrogens with zero attached hydrogens (tertiary/aromatic N) is 1. The number of thiophene rings is 1. The predicted octanol–water partition coefficient (Wildman–Crippen LogP) is 2.07. The molecule has 1 aromatic rings. The monoisotopic (exact) mass is 394 g/mol. The van der Waals surface area contributed by atoms with Crippen molar-refractivity contribution in [2.75, 3.05) is 13.1 Å². The zero-order valence-electron chi connectivity index (χ0n) is 14.6. The van der Waals surface area contributed by atoms with E-state index in [2.05, 4.69) is 16.8 Å². The van der Waals surface area contributed by atoms with Gasteiger partial charge in [0.2, 0.25) is 5.91 Å². The molecule has 6 nitrogen and oxygen atoms in total. The van der Waals surface area contributed by atoms with Gasteiger partial charge in [0.1, 0.15) is 5.70 Å². The molecule has 0 saturated carbocycles. The Kier molecular flexibility index (Phi) is 4.63. The topological polar surface area (TPSA) is 89.9 Å². The molecule has 0 unspecified atom stereocenters. The van der Waals surface area contributed by atoms with E-state index in [0.29, 0.717) is 10.8 Å². The number of aliphatic hydroxyl groups is 1. The van der Waals surface area contributed by atoms with Crippen molar-refractivity contribution in [3.05, 3.63) is 26.9 Å². The molecule has 0 aromatic carbocycles. The maximum absolute atomic E-state index is 12.4. The molecule has 26 heavy (non-hydrogen) atoms. The van der Waals surface area contributed by atoms with Gasteiger partial charge in [-0.15, -0.1) is 11.3 Å². The summed E-state index contributed by atoms with van der Waals surface area (Å²) in [6.45, 7) is 5.57. The first-order chi connectivity index (χ1) is 12.4. The van der Waals surface area contributed by atoms with Crippen LogP contribution in [0.3, 0.4) is 0 Å². The highest BCUT2D eigenvalue weighted by molar-refractivity contribution is 8.03. The van der Waals surface area contributed by atoms with Crippen molar-refractivity contribution < 1.29 is 19.8 Å². The van der Waals surface area contributed by atoms with Gasteiger partial charge in [0.15, 0.2) is 0 Å². The molecule has 4 heterocycles. The molecule has 0 spiro atoms. The Bertz CT molecular complexity index is 782. The van der Waals surface area contributed by atoms with Crippen molar-refractivity contribution in [1.29, 1.82) is 0 Å². The molecule has 2 saturated heterocycles. The fourth-order valence-electron chi connectivity index (χ4n) is 4.28.